The predicted octanol–water partition coefficient (Wildman–Crippen LogP) is 7.37. The van der Waals surface area contributed by atoms with Crippen LogP contribution in [0.1, 0.15) is 31.2 Å². The summed E-state index contributed by atoms with van der Waals surface area (Å²) in [6.07, 6.45) is 2.27. The number of phenolic OH excluding ortho intramolecular Hbond substituents is 1. The number of hydrogen-bond donors (Lipinski definition) is 2. The smallest absolute Gasteiger partial charge is 0.241 e. The Morgan fingerprint density at radius 2 is 1.55 bits per heavy atom. The van der Waals surface area contributed by atoms with Gasteiger partial charge in [-0.25, -0.2) is 9.29 Å². The van der Waals surface area contributed by atoms with Crippen molar-refractivity contribution in [2.45, 2.75) is 25.7 Å². The van der Waals surface area contributed by atoms with Gasteiger partial charge in [-0.3, -0.25) is 24.1 Å². The number of benzene rings is 4. The van der Waals surface area contributed by atoms with Crippen molar-refractivity contribution in [1.82, 2.24) is 0 Å². The minimum Gasteiger partial charge on any atom is -0.508 e. The van der Waals surface area contributed by atoms with E-state index in [1.807, 2.05) is 36.4 Å². The molecule has 8 rings (SSSR count). The largest absolute Gasteiger partial charge is 0.508 e. The summed E-state index contributed by atoms with van der Waals surface area (Å²) in [5.41, 5.74) is 1.91. The second-order valence-electron chi connectivity index (χ2n) is 13.7. The molecule has 0 spiro atoms. The molecule has 258 valence electrons. The minimum absolute atomic E-state index is 0.104. The molecule has 2 aliphatic heterocycles. The van der Waals surface area contributed by atoms with E-state index >= 15 is 0 Å². The number of anilines is 4. The van der Waals surface area contributed by atoms with Crippen LogP contribution in [0.3, 0.4) is 0 Å². The molecule has 0 bridgehead atoms. The number of halogens is 2. The van der Waals surface area contributed by atoms with E-state index in [1.54, 1.807) is 43.3 Å². The standard InChI is InChI=1S/C40H33ClFN3O6/c1-40-30(37(48)45(39(40)50)24-12-16-32(42)31(41)18-24)20-28-26(35(40)29-19-25(51-2)13-17-33(29)46)14-15-27-34(28)38(49)44(36(27)47)23-10-8-22(9-11-23)43-21-6-4-3-5-7-21/h3-14,16-19,27-28,30,34-35,43,46H,15,20H2,1-2H3. The summed E-state index contributed by atoms with van der Waals surface area (Å²) < 4.78 is 19.7. The van der Waals surface area contributed by atoms with E-state index in [0.717, 1.165) is 22.3 Å². The number of imide groups is 2. The van der Waals surface area contributed by atoms with Crippen molar-refractivity contribution in [1.29, 1.82) is 0 Å². The average Bonchev–Trinajstić information content (AvgIpc) is 3.50. The van der Waals surface area contributed by atoms with E-state index in [-0.39, 0.29) is 41.1 Å². The van der Waals surface area contributed by atoms with Crippen molar-refractivity contribution >= 4 is 58.0 Å². The third-order valence-corrected chi connectivity index (χ3v) is 11.5. The molecule has 3 fully saturated rings. The lowest BCUT2D eigenvalue weighted by atomic mass is 9.51. The Bertz CT molecular complexity index is 2160. The van der Waals surface area contributed by atoms with Crippen LogP contribution in [0.4, 0.5) is 27.1 Å². The first kappa shape index (κ1) is 32.7. The number of amides is 4. The van der Waals surface area contributed by atoms with E-state index in [9.17, 15) is 28.7 Å². The molecule has 2 saturated heterocycles. The van der Waals surface area contributed by atoms with E-state index in [0.29, 0.717) is 22.6 Å². The molecular weight excluding hydrogens is 673 g/mol. The summed E-state index contributed by atoms with van der Waals surface area (Å²) in [4.78, 5) is 59.7. The van der Waals surface area contributed by atoms with Crippen LogP contribution in [0, 0.1) is 34.9 Å². The maximum atomic E-state index is 14.6. The fourth-order valence-electron chi connectivity index (χ4n) is 8.76. The van der Waals surface area contributed by atoms with Gasteiger partial charge in [0.1, 0.15) is 17.3 Å². The maximum absolute atomic E-state index is 14.6. The van der Waals surface area contributed by atoms with Gasteiger partial charge >= 0.3 is 0 Å². The van der Waals surface area contributed by atoms with Crippen molar-refractivity contribution in [3.05, 3.63) is 119 Å². The number of ether oxygens (including phenoxy) is 1. The highest BCUT2D eigenvalue weighted by Crippen LogP contribution is 2.64. The van der Waals surface area contributed by atoms with Crippen LogP contribution in [-0.2, 0) is 19.2 Å². The van der Waals surface area contributed by atoms with Gasteiger partial charge in [0, 0.05) is 22.9 Å². The molecule has 4 aliphatic rings. The Kier molecular flexibility index (Phi) is 7.75. The SMILES string of the molecule is COc1ccc(O)c(C2C3=CCC4C(=O)N(c5ccc(Nc6ccccc6)cc5)C(=O)C4C3CC3C(=O)N(c4ccc(F)c(Cl)c4)C(=O)C32C)c1. The highest BCUT2D eigenvalue weighted by Gasteiger charge is 2.68. The number of allylic oxidation sites excluding steroid dienone is 2. The number of phenols is 1. The van der Waals surface area contributed by atoms with Crippen LogP contribution in [-0.4, -0.2) is 35.8 Å². The third kappa shape index (κ3) is 4.95. The summed E-state index contributed by atoms with van der Waals surface area (Å²) in [6.45, 7) is 1.70. The molecule has 0 aromatic heterocycles. The van der Waals surface area contributed by atoms with Gasteiger partial charge in [-0.15, -0.1) is 0 Å². The van der Waals surface area contributed by atoms with Crippen LogP contribution >= 0.6 is 11.6 Å². The van der Waals surface area contributed by atoms with Crippen LogP contribution in [0.15, 0.2) is 103 Å². The monoisotopic (exact) mass is 705 g/mol. The van der Waals surface area contributed by atoms with Crippen molar-refractivity contribution < 1.29 is 33.4 Å². The van der Waals surface area contributed by atoms with Gasteiger partial charge in [-0.05, 0) is 98.5 Å². The number of carbonyl (C=O) groups is 4. The van der Waals surface area contributed by atoms with E-state index in [2.05, 4.69) is 5.32 Å². The molecule has 9 nitrogen and oxygen atoms in total. The first-order valence-corrected chi connectivity index (χ1v) is 17.1. The summed E-state index contributed by atoms with van der Waals surface area (Å²) in [6, 6.07) is 25.1. The molecule has 51 heavy (non-hydrogen) atoms. The zero-order valence-corrected chi connectivity index (χ0v) is 28.4. The molecule has 11 heteroatoms. The molecular formula is C40H33ClFN3O6. The van der Waals surface area contributed by atoms with Gasteiger partial charge in [-0.2, -0.15) is 0 Å². The first-order valence-electron chi connectivity index (χ1n) is 16.7. The fraction of sp³-hybridized carbons (Fsp3) is 0.250. The van der Waals surface area contributed by atoms with Gasteiger partial charge in [0.25, 0.3) is 0 Å². The van der Waals surface area contributed by atoms with Gasteiger partial charge in [0.15, 0.2) is 0 Å². The average molecular weight is 706 g/mol. The normalized spacial score (nSPS) is 26.8. The minimum atomic E-state index is -1.41. The number of carbonyl (C=O) groups excluding carboxylic acids is 4. The number of nitrogens with zero attached hydrogens (tertiary/aromatic N) is 2. The Balaban J connectivity index is 1.19. The summed E-state index contributed by atoms with van der Waals surface area (Å²) >= 11 is 6.10. The molecule has 1 saturated carbocycles. The number of para-hydroxylation sites is 1. The lowest BCUT2D eigenvalue weighted by Gasteiger charge is -2.49. The first-order chi connectivity index (χ1) is 24.5. The Morgan fingerprint density at radius 1 is 0.843 bits per heavy atom. The number of aromatic hydroxyl groups is 1. The number of fused-ring (bicyclic) bond motifs is 4. The van der Waals surface area contributed by atoms with Crippen LogP contribution in [0.5, 0.6) is 11.5 Å². The second kappa shape index (κ2) is 12.1. The Labute approximate surface area is 298 Å². The molecule has 0 radical (unpaired) electrons. The lowest BCUT2D eigenvalue weighted by Crippen LogP contribution is -2.48. The van der Waals surface area contributed by atoms with E-state index in [4.69, 9.17) is 16.3 Å². The molecule has 2 N–H and O–H groups in total. The van der Waals surface area contributed by atoms with E-state index in [1.165, 1.54) is 30.2 Å². The molecule has 4 amide bonds. The predicted molar refractivity (Wildman–Crippen MR) is 189 cm³/mol. The quantitative estimate of drug-likeness (QED) is 0.159. The second-order valence-corrected chi connectivity index (χ2v) is 14.1. The van der Waals surface area contributed by atoms with Gasteiger partial charge in [0.2, 0.25) is 23.6 Å². The summed E-state index contributed by atoms with van der Waals surface area (Å²) in [7, 11) is 1.49. The van der Waals surface area contributed by atoms with Crippen molar-refractivity contribution in [3.8, 4) is 11.5 Å². The van der Waals surface area contributed by atoms with Gasteiger partial charge in [-0.1, -0.05) is 41.4 Å². The molecule has 6 atom stereocenters. The summed E-state index contributed by atoms with van der Waals surface area (Å²) in [5.74, 6) is -5.97. The Hall–Kier alpha value is -5.48. The third-order valence-electron chi connectivity index (χ3n) is 11.2. The van der Waals surface area contributed by atoms with Crippen LogP contribution in [0.2, 0.25) is 5.02 Å². The lowest BCUT2D eigenvalue weighted by molar-refractivity contribution is -0.131. The van der Waals surface area contributed by atoms with Gasteiger partial charge in [0.05, 0.1) is 46.7 Å². The molecule has 2 aliphatic carbocycles. The fourth-order valence-corrected chi connectivity index (χ4v) is 8.93. The highest BCUT2D eigenvalue weighted by atomic mass is 35.5. The molecule has 4 aromatic rings. The highest BCUT2D eigenvalue weighted by molar-refractivity contribution is 6.32. The van der Waals surface area contributed by atoms with Crippen LogP contribution < -0.4 is 19.9 Å². The number of hydrogen-bond acceptors (Lipinski definition) is 7. The zero-order valence-electron chi connectivity index (χ0n) is 27.7. The Morgan fingerprint density at radius 3 is 2.25 bits per heavy atom. The van der Waals surface area contributed by atoms with Crippen LogP contribution in [0.25, 0.3) is 0 Å². The molecule has 6 unspecified atom stereocenters. The zero-order chi connectivity index (χ0) is 35.8. The number of methoxy groups -OCH3 is 1. The van der Waals surface area contributed by atoms with Gasteiger partial charge < -0.3 is 15.2 Å². The number of nitrogens with one attached hydrogen (secondary N) is 1. The number of rotatable bonds is 6. The van der Waals surface area contributed by atoms with Crippen molar-refractivity contribution in [2.24, 2.45) is 29.1 Å². The maximum Gasteiger partial charge on any atom is 0.241 e. The summed E-state index contributed by atoms with van der Waals surface area (Å²) in [5, 5.41) is 14.4. The molecule has 4 aromatic carbocycles. The van der Waals surface area contributed by atoms with Crippen molar-refractivity contribution in [3.63, 3.8) is 0 Å². The molecule has 2 heterocycles. The van der Waals surface area contributed by atoms with Crippen molar-refractivity contribution in [2.75, 3.05) is 22.2 Å². The topological polar surface area (TPSA) is 116 Å². The van der Waals surface area contributed by atoms with E-state index < -0.39 is 52.6 Å².